The normalized spacial score (nSPS) is 18.8. The maximum Gasteiger partial charge on any atom is 0.0883 e. The molecule has 0 fully saturated rings. The molecule has 0 aliphatic heterocycles. The Morgan fingerprint density at radius 3 is 2.29 bits per heavy atom. The predicted molar refractivity (Wildman–Crippen MR) is 61.4 cm³/mol. The average Bonchev–Trinajstić information content (AvgIpc) is 2.15. The molecule has 3 atom stereocenters. The zero-order chi connectivity index (χ0) is 11.1. The van der Waals surface area contributed by atoms with Gasteiger partial charge >= 0.3 is 0 Å². The standard InChI is InChI=1S/C11H24N2O/c1-6-8-10(13(4)5)11(14)9(7-2)12-3/h6,8-12,14H,7H2,1-5H3/b8-6+. The summed E-state index contributed by atoms with van der Waals surface area (Å²) in [5, 5.41) is 13.2. The van der Waals surface area contributed by atoms with Crippen LogP contribution in [0.5, 0.6) is 0 Å². The van der Waals surface area contributed by atoms with Crippen LogP contribution in [0.4, 0.5) is 0 Å². The molecule has 3 heteroatoms. The molecule has 0 aromatic heterocycles. The number of hydrogen-bond acceptors (Lipinski definition) is 3. The molecule has 0 radical (unpaired) electrons. The van der Waals surface area contributed by atoms with E-state index in [4.69, 9.17) is 0 Å². The molecule has 0 aliphatic rings. The lowest BCUT2D eigenvalue weighted by Gasteiger charge is -2.31. The molecule has 14 heavy (non-hydrogen) atoms. The minimum Gasteiger partial charge on any atom is -0.390 e. The van der Waals surface area contributed by atoms with E-state index in [-0.39, 0.29) is 18.2 Å². The largest absolute Gasteiger partial charge is 0.390 e. The van der Waals surface area contributed by atoms with E-state index in [0.717, 1.165) is 6.42 Å². The molecule has 3 unspecified atom stereocenters. The van der Waals surface area contributed by atoms with Crippen LogP contribution in [0.3, 0.4) is 0 Å². The van der Waals surface area contributed by atoms with Crippen molar-refractivity contribution in [3.05, 3.63) is 12.2 Å². The van der Waals surface area contributed by atoms with Gasteiger partial charge in [-0.1, -0.05) is 19.1 Å². The second kappa shape index (κ2) is 6.98. The van der Waals surface area contributed by atoms with E-state index in [9.17, 15) is 5.11 Å². The molecule has 0 aliphatic carbocycles. The van der Waals surface area contributed by atoms with Gasteiger partial charge in [-0.15, -0.1) is 0 Å². The van der Waals surface area contributed by atoms with E-state index in [2.05, 4.69) is 12.2 Å². The van der Waals surface area contributed by atoms with Gasteiger partial charge in [0, 0.05) is 6.04 Å². The average molecular weight is 200 g/mol. The van der Waals surface area contributed by atoms with Crippen molar-refractivity contribution in [1.82, 2.24) is 10.2 Å². The fourth-order valence-corrected chi connectivity index (χ4v) is 1.64. The number of aliphatic hydroxyl groups excluding tert-OH is 1. The van der Waals surface area contributed by atoms with Gasteiger partial charge < -0.3 is 15.3 Å². The Bertz CT molecular complexity index is 165. The van der Waals surface area contributed by atoms with E-state index in [1.165, 1.54) is 0 Å². The summed E-state index contributed by atoms with van der Waals surface area (Å²) in [6.07, 6.45) is 4.58. The Morgan fingerprint density at radius 1 is 1.43 bits per heavy atom. The molecule has 0 amide bonds. The van der Waals surface area contributed by atoms with Crippen LogP contribution in [-0.2, 0) is 0 Å². The van der Waals surface area contributed by atoms with E-state index >= 15 is 0 Å². The first-order chi connectivity index (χ1) is 6.58. The van der Waals surface area contributed by atoms with Crippen LogP contribution in [0, 0.1) is 0 Å². The number of likely N-dealkylation sites (N-methyl/N-ethyl adjacent to an activating group) is 2. The fraction of sp³-hybridized carbons (Fsp3) is 0.818. The lowest BCUT2D eigenvalue weighted by molar-refractivity contribution is 0.0666. The van der Waals surface area contributed by atoms with Gasteiger partial charge in [0.15, 0.2) is 0 Å². The maximum absolute atomic E-state index is 10.1. The molecule has 0 saturated heterocycles. The van der Waals surface area contributed by atoms with Crippen LogP contribution in [0.1, 0.15) is 20.3 Å². The van der Waals surface area contributed by atoms with Gasteiger partial charge in [0.25, 0.3) is 0 Å². The maximum atomic E-state index is 10.1. The van der Waals surface area contributed by atoms with Gasteiger partial charge in [-0.2, -0.15) is 0 Å². The van der Waals surface area contributed by atoms with Gasteiger partial charge in [-0.25, -0.2) is 0 Å². The van der Waals surface area contributed by atoms with Crippen LogP contribution < -0.4 is 5.32 Å². The summed E-state index contributed by atoms with van der Waals surface area (Å²) in [4.78, 5) is 2.03. The molecule has 2 N–H and O–H groups in total. The summed E-state index contributed by atoms with van der Waals surface area (Å²) < 4.78 is 0. The smallest absolute Gasteiger partial charge is 0.0883 e. The van der Waals surface area contributed by atoms with Gasteiger partial charge in [0.2, 0.25) is 0 Å². The third-order valence-electron chi connectivity index (χ3n) is 2.56. The molecule has 84 valence electrons. The van der Waals surface area contributed by atoms with Crippen molar-refractivity contribution in [2.24, 2.45) is 0 Å². The minimum absolute atomic E-state index is 0.0809. The number of rotatable bonds is 6. The molecule has 0 heterocycles. The number of nitrogens with one attached hydrogen (secondary N) is 1. The van der Waals surface area contributed by atoms with Crippen molar-refractivity contribution in [2.75, 3.05) is 21.1 Å². The SMILES string of the molecule is C/C=C/C(C(O)C(CC)NC)N(C)C. The van der Waals surface area contributed by atoms with Crippen molar-refractivity contribution in [1.29, 1.82) is 0 Å². The van der Waals surface area contributed by atoms with Gasteiger partial charge in [0.1, 0.15) is 0 Å². The topological polar surface area (TPSA) is 35.5 Å². The first kappa shape index (κ1) is 13.6. The molecular formula is C11H24N2O. The second-order valence-corrected chi connectivity index (χ2v) is 3.77. The highest BCUT2D eigenvalue weighted by Crippen LogP contribution is 2.09. The quantitative estimate of drug-likeness (QED) is 0.624. The summed E-state index contributed by atoms with van der Waals surface area (Å²) in [7, 11) is 5.85. The lowest BCUT2D eigenvalue weighted by Crippen LogP contribution is -2.49. The van der Waals surface area contributed by atoms with Crippen LogP contribution in [0.15, 0.2) is 12.2 Å². The van der Waals surface area contributed by atoms with Crippen molar-refractivity contribution in [3.63, 3.8) is 0 Å². The highest BCUT2D eigenvalue weighted by molar-refractivity contribution is 4.98. The summed E-state index contributed by atoms with van der Waals surface area (Å²) in [6.45, 7) is 4.05. The number of aliphatic hydroxyl groups is 1. The third-order valence-corrected chi connectivity index (χ3v) is 2.56. The lowest BCUT2D eigenvalue weighted by atomic mass is 10.00. The molecule has 3 nitrogen and oxygen atoms in total. The van der Waals surface area contributed by atoms with Crippen molar-refractivity contribution >= 4 is 0 Å². The van der Waals surface area contributed by atoms with E-state index in [0.29, 0.717) is 0 Å². The van der Waals surface area contributed by atoms with Crippen molar-refractivity contribution in [3.8, 4) is 0 Å². The van der Waals surface area contributed by atoms with E-state index in [1.54, 1.807) is 0 Å². The minimum atomic E-state index is -0.365. The van der Waals surface area contributed by atoms with Gasteiger partial charge in [-0.3, -0.25) is 0 Å². The first-order valence-electron chi connectivity index (χ1n) is 5.23. The summed E-state index contributed by atoms with van der Waals surface area (Å²) in [6, 6.07) is 0.232. The molecule has 0 aromatic rings. The second-order valence-electron chi connectivity index (χ2n) is 3.77. The summed E-state index contributed by atoms with van der Waals surface area (Å²) in [5.74, 6) is 0. The molecule has 0 rings (SSSR count). The van der Waals surface area contributed by atoms with Gasteiger partial charge in [-0.05, 0) is 34.5 Å². The van der Waals surface area contributed by atoms with Crippen LogP contribution >= 0.6 is 0 Å². The van der Waals surface area contributed by atoms with Crippen molar-refractivity contribution < 1.29 is 5.11 Å². The Labute approximate surface area is 87.8 Å². The van der Waals surface area contributed by atoms with Gasteiger partial charge in [0.05, 0.1) is 12.1 Å². The molecule has 0 bridgehead atoms. The summed E-state index contributed by atoms with van der Waals surface area (Å²) >= 11 is 0. The van der Waals surface area contributed by atoms with Crippen molar-refractivity contribution in [2.45, 2.75) is 38.5 Å². The zero-order valence-corrected chi connectivity index (χ0v) is 9.99. The van der Waals surface area contributed by atoms with E-state index < -0.39 is 0 Å². The Balaban J connectivity index is 4.48. The monoisotopic (exact) mass is 200 g/mol. The van der Waals surface area contributed by atoms with Crippen LogP contribution in [0.2, 0.25) is 0 Å². The van der Waals surface area contributed by atoms with Crippen LogP contribution in [0.25, 0.3) is 0 Å². The predicted octanol–water partition coefficient (Wildman–Crippen LogP) is 0.852. The van der Waals surface area contributed by atoms with E-state index in [1.807, 2.05) is 45.1 Å². The molecule has 0 saturated carbocycles. The first-order valence-corrected chi connectivity index (χ1v) is 5.23. The molecule has 0 aromatic carbocycles. The Morgan fingerprint density at radius 2 is 2.00 bits per heavy atom. The number of allylic oxidation sites excluding steroid dienone is 1. The fourth-order valence-electron chi connectivity index (χ4n) is 1.64. The molecule has 0 spiro atoms. The third kappa shape index (κ3) is 3.78. The summed E-state index contributed by atoms with van der Waals surface area (Å²) in [5.41, 5.74) is 0. The number of hydrogen-bond donors (Lipinski definition) is 2. The Kier molecular flexibility index (Phi) is 6.79. The highest BCUT2D eigenvalue weighted by atomic mass is 16.3. The zero-order valence-electron chi connectivity index (χ0n) is 9.99. The Hall–Kier alpha value is -0.380. The highest BCUT2D eigenvalue weighted by Gasteiger charge is 2.24. The number of nitrogens with zero attached hydrogens (tertiary/aromatic N) is 1. The van der Waals surface area contributed by atoms with Crippen LogP contribution in [-0.4, -0.2) is 49.3 Å². The molecular weight excluding hydrogens is 176 g/mol.